The number of nitro groups is 1. The Labute approximate surface area is 108 Å². The second-order valence-corrected chi connectivity index (χ2v) is 4.66. The summed E-state index contributed by atoms with van der Waals surface area (Å²) < 4.78 is 0. The van der Waals surface area contributed by atoms with Crippen LogP contribution >= 0.6 is 23.4 Å². The first-order valence-electron chi connectivity index (χ1n) is 4.87. The molecule has 1 N–H and O–H groups in total. The zero-order valence-corrected chi connectivity index (χ0v) is 10.6. The minimum absolute atomic E-state index is 0.105. The lowest BCUT2D eigenvalue weighted by molar-refractivity contribution is -0.384. The van der Waals surface area contributed by atoms with Crippen LogP contribution in [0.3, 0.4) is 0 Å². The predicted octanol–water partition coefficient (Wildman–Crippen LogP) is 2.97. The van der Waals surface area contributed by atoms with Crippen molar-refractivity contribution in [1.29, 1.82) is 0 Å². The van der Waals surface area contributed by atoms with Crippen LogP contribution in [-0.4, -0.2) is 28.0 Å². The van der Waals surface area contributed by atoms with Gasteiger partial charge in [0.25, 0.3) is 0 Å². The number of hydrogen-bond donors (Lipinski definition) is 1. The first kappa shape index (κ1) is 13.8. The van der Waals surface area contributed by atoms with E-state index in [1.807, 2.05) is 6.08 Å². The average Bonchev–Trinajstić information content (AvgIpc) is 2.30. The number of pyridine rings is 1. The molecule has 92 valence electrons. The molecule has 0 aromatic carbocycles. The number of halogens is 1. The molecule has 1 heterocycles. The van der Waals surface area contributed by atoms with Crippen LogP contribution in [0, 0.1) is 10.1 Å². The number of nitrogens with zero attached hydrogens (tertiary/aromatic N) is 2. The van der Waals surface area contributed by atoms with Gasteiger partial charge in [-0.25, -0.2) is 4.98 Å². The van der Waals surface area contributed by atoms with E-state index in [0.717, 1.165) is 11.5 Å². The molecule has 0 unspecified atom stereocenters. The average molecular weight is 274 g/mol. The first-order chi connectivity index (χ1) is 8.15. The summed E-state index contributed by atoms with van der Waals surface area (Å²) in [6.45, 7) is 4.21. The summed E-state index contributed by atoms with van der Waals surface area (Å²) in [4.78, 5) is 14.2. The predicted molar refractivity (Wildman–Crippen MR) is 71.9 cm³/mol. The zero-order chi connectivity index (χ0) is 12.7. The molecular weight excluding hydrogens is 262 g/mol. The Morgan fingerprint density at radius 2 is 2.47 bits per heavy atom. The lowest BCUT2D eigenvalue weighted by Gasteiger charge is -2.05. The van der Waals surface area contributed by atoms with Gasteiger partial charge in [0.05, 0.1) is 9.95 Å². The van der Waals surface area contributed by atoms with E-state index in [0.29, 0.717) is 6.54 Å². The Morgan fingerprint density at radius 3 is 3.12 bits per heavy atom. The van der Waals surface area contributed by atoms with Crippen molar-refractivity contribution in [3.63, 3.8) is 0 Å². The molecule has 0 saturated heterocycles. The van der Waals surface area contributed by atoms with Crippen molar-refractivity contribution >= 4 is 34.9 Å². The molecule has 0 radical (unpaired) electrons. The Hall–Kier alpha value is -1.27. The number of anilines is 1. The van der Waals surface area contributed by atoms with Gasteiger partial charge in [-0.2, -0.15) is 11.8 Å². The molecule has 0 spiro atoms. The highest BCUT2D eigenvalue weighted by molar-refractivity contribution is 7.99. The highest BCUT2D eigenvalue weighted by Crippen LogP contribution is 2.24. The highest BCUT2D eigenvalue weighted by atomic mass is 35.5. The summed E-state index contributed by atoms with van der Waals surface area (Å²) >= 11 is 7.34. The Kier molecular flexibility index (Phi) is 5.79. The van der Waals surface area contributed by atoms with Crippen molar-refractivity contribution in [2.45, 2.75) is 0 Å². The molecule has 1 aromatic heterocycles. The summed E-state index contributed by atoms with van der Waals surface area (Å²) in [6, 6.07) is 1.29. The molecule has 0 atom stereocenters. The quantitative estimate of drug-likeness (QED) is 0.358. The van der Waals surface area contributed by atoms with Crippen molar-refractivity contribution < 1.29 is 4.92 Å². The lowest BCUT2D eigenvalue weighted by atomic mass is 10.4. The molecule has 0 amide bonds. The maximum absolute atomic E-state index is 10.8. The van der Waals surface area contributed by atoms with Gasteiger partial charge in [0.15, 0.2) is 0 Å². The van der Waals surface area contributed by atoms with Gasteiger partial charge in [-0.1, -0.05) is 17.7 Å². The van der Waals surface area contributed by atoms with Crippen LogP contribution in [0.25, 0.3) is 0 Å². The molecule has 5 nitrogen and oxygen atoms in total. The van der Waals surface area contributed by atoms with Crippen LogP contribution in [0.1, 0.15) is 0 Å². The van der Waals surface area contributed by atoms with Gasteiger partial charge in [-0.3, -0.25) is 10.1 Å². The monoisotopic (exact) mass is 273 g/mol. The van der Waals surface area contributed by atoms with Crippen LogP contribution in [-0.2, 0) is 0 Å². The summed E-state index contributed by atoms with van der Waals surface area (Å²) in [6.07, 6.45) is 3.20. The van der Waals surface area contributed by atoms with E-state index in [1.165, 1.54) is 12.3 Å². The van der Waals surface area contributed by atoms with E-state index >= 15 is 0 Å². The number of rotatable bonds is 7. The van der Waals surface area contributed by atoms with Gasteiger partial charge >= 0.3 is 5.69 Å². The summed E-state index contributed by atoms with van der Waals surface area (Å²) in [7, 11) is 0. The van der Waals surface area contributed by atoms with Gasteiger partial charge in [0.2, 0.25) is 5.82 Å². The standard InChI is InChI=1S/C10H12ClN3O2S/c1-2-4-17-5-3-12-10-9(14(15)16)6-8(11)7-13-10/h2,6-7H,1,3-5H2,(H,12,13). The molecule has 1 aromatic rings. The van der Waals surface area contributed by atoms with Crippen molar-refractivity contribution in [2.75, 3.05) is 23.4 Å². The maximum atomic E-state index is 10.8. The van der Waals surface area contributed by atoms with Crippen molar-refractivity contribution in [3.05, 3.63) is 40.1 Å². The Balaban J connectivity index is 2.58. The van der Waals surface area contributed by atoms with Crippen LogP contribution in [0.15, 0.2) is 24.9 Å². The number of nitrogens with one attached hydrogen (secondary N) is 1. The molecule has 7 heteroatoms. The van der Waals surface area contributed by atoms with Crippen LogP contribution in [0.2, 0.25) is 5.02 Å². The number of aromatic nitrogens is 1. The van der Waals surface area contributed by atoms with Crippen LogP contribution < -0.4 is 5.32 Å². The van der Waals surface area contributed by atoms with Crippen LogP contribution in [0.4, 0.5) is 11.5 Å². The van der Waals surface area contributed by atoms with Gasteiger partial charge in [-0.05, 0) is 0 Å². The van der Waals surface area contributed by atoms with E-state index in [-0.39, 0.29) is 16.5 Å². The lowest BCUT2D eigenvalue weighted by Crippen LogP contribution is -2.08. The minimum Gasteiger partial charge on any atom is -0.364 e. The number of hydrogen-bond acceptors (Lipinski definition) is 5. The molecule has 1 rings (SSSR count). The smallest absolute Gasteiger partial charge is 0.312 e. The van der Waals surface area contributed by atoms with E-state index in [9.17, 15) is 10.1 Å². The fraction of sp³-hybridized carbons (Fsp3) is 0.300. The van der Waals surface area contributed by atoms with E-state index in [4.69, 9.17) is 11.6 Å². The molecule has 0 aliphatic rings. The Bertz CT molecular complexity index is 415. The zero-order valence-electron chi connectivity index (χ0n) is 9.06. The van der Waals surface area contributed by atoms with Gasteiger partial charge < -0.3 is 5.32 Å². The van der Waals surface area contributed by atoms with Crippen LogP contribution in [0.5, 0.6) is 0 Å². The molecule has 17 heavy (non-hydrogen) atoms. The van der Waals surface area contributed by atoms with Gasteiger partial charge in [-0.15, -0.1) is 6.58 Å². The SMILES string of the molecule is C=CCSCCNc1ncc(Cl)cc1[N+](=O)[O-]. The van der Waals surface area contributed by atoms with Crippen molar-refractivity contribution in [2.24, 2.45) is 0 Å². The van der Waals surface area contributed by atoms with Crippen molar-refractivity contribution in [1.82, 2.24) is 4.98 Å². The van der Waals surface area contributed by atoms with E-state index in [2.05, 4.69) is 16.9 Å². The largest absolute Gasteiger partial charge is 0.364 e. The topological polar surface area (TPSA) is 68.1 Å². The third kappa shape index (κ3) is 4.62. The highest BCUT2D eigenvalue weighted by Gasteiger charge is 2.15. The third-order valence-electron chi connectivity index (χ3n) is 1.81. The third-order valence-corrected chi connectivity index (χ3v) is 2.98. The maximum Gasteiger partial charge on any atom is 0.312 e. The van der Waals surface area contributed by atoms with E-state index < -0.39 is 4.92 Å². The molecule has 0 bridgehead atoms. The summed E-state index contributed by atoms with van der Waals surface area (Å²) in [5.74, 6) is 1.93. The summed E-state index contributed by atoms with van der Waals surface area (Å²) in [5.41, 5.74) is -0.105. The molecule has 0 aliphatic heterocycles. The summed E-state index contributed by atoms with van der Waals surface area (Å²) in [5, 5.41) is 13.9. The van der Waals surface area contributed by atoms with E-state index in [1.54, 1.807) is 11.8 Å². The second-order valence-electron chi connectivity index (χ2n) is 3.07. The normalized spacial score (nSPS) is 9.94. The Morgan fingerprint density at radius 1 is 1.71 bits per heavy atom. The van der Waals surface area contributed by atoms with Crippen molar-refractivity contribution in [3.8, 4) is 0 Å². The fourth-order valence-electron chi connectivity index (χ4n) is 1.11. The molecular formula is C10H12ClN3O2S. The molecule has 0 fully saturated rings. The second kappa shape index (κ2) is 7.13. The fourth-order valence-corrected chi connectivity index (χ4v) is 1.84. The molecule has 0 saturated carbocycles. The minimum atomic E-state index is -0.502. The number of thioether (sulfide) groups is 1. The van der Waals surface area contributed by atoms with Gasteiger partial charge in [0.1, 0.15) is 0 Å². The first-order valence-corrected chi connectivity index (χ1v) is 6.41. The molecule has 0 aliphatic carbocycles. The van der Waals surface area contributed by atoms with Gasteiger partial charge in [0, 0.05) is 30.3 Å².